The summed E-state index contributed by atoms with van der Waals surface area (Å²) in [5.74, 6) is -1.74. The normalized spacial score (nSPS) is 10.1. The lowest BCUT2D eigenvalue weighted by atomic mass is 10.2. The van der Waals surface area contributed by atoms with Crippen LogP contribution in [-0.4, -0.2) is 22.2 Å². The predicted octanol–water partition coefficient (Wildman–Crippen LogP) is 2.85. The third-order valence-electron chi connectivity index (χ3n) is 1.71. The molecule has 0 fully saturated rings. The number of hydrogen-bond acceptors (Lipinski definition) is 2. The van der Waals surface area contributed by atoms with E-state index in [1.807, 2.05) is 0 Å². The Morgan fingerprint density at radius 2 is 1.62 bits per heavy atom. The van der Waals surface area contributed by atoms with Gasteiger partial charge in [-0.1, -0.05) is 32.4 Å². The van der Waals surface area contributed by atoms with Crippen LogP contribution in [0.3, 0.4) is 0 Å². The Morgan fingerprint density at radius 3 is 1.88 bits per heavy atom. The van der Waals surface area contributed by atoms with Crippen LogP contribution in [-0.2, 0) is 9.59 Å². The first kappa shape index (κ1) is 16.8. The van der Waals surface area contributed by atoms with Gasteiger partial charge in [0.2, 0.25) is 0 Å². The van der Waals surface area contributed by atoms with Crippen molar-refractivity contribution in [3.05, 3.63) is 23.8 Å². The molecule has 0 aliphatic rings. The van der Waals surface area contributed by atoms with Crippen LogP contribution >= 0.6 is 0 Å². The van der Waals surface area contributed by atoms with Crippen molar-refractivity contribution in [3.63, 3.8) is 0 Å². The van der Waals surface area contributed by atoms with Gasteiger partial charge in [0, 0.05) is 11.1 Å². The van der Waals surface area contributed by atoms with Crippen molar-refractivity contribution in [2.75, 3.05) is 0 Å². The Labute approximate surface area is 96.3 Å². The van der Waals surface area contributed by atoms with Gasteiger partial charge >= 0.3 is 11.9 Å². The lowest BCUT2D eigenvalue weighted by molar-refractivity contribution is -0.133. The van der Waals surface area contributed by atoms with Crippen LogP contribution in [0.2, 0.25) is 0 Å². The molecule has 0 aliphatic carbocycles. The topological polar surface area (TPSA) is 74.6 Å². The summed E-state index contributed by atoms with van der Waals surface area (Å²) in [7, 11) is 0. The molecule has 0 bridgehead atoms. The van der Waals surface area contributed by atoms with Gasteiger partial charge in [-0.15, -0.1) is 0 Å². The van der Waals surface area contributed by atoms with Gasteiger partial charge in [-0.05, 0) is 20.3 Å². The average molecular weight is 228 g/mol. The standard InChI is InChI=1S/C8H14O2.C4H6O2/c1-3-4-5-6-7(2)8(9)10;1-3(2)4(5)6/h6H,3-5H2,1-2H3,(H,9,10);1H2,2H3,(H,5,6). The molecule has 0 atom stereocenters. The van der Waals surface area contributed by atoms with E-state index in [0.717, 1.165) is 19.3 Å². The molecule has 0 rings (SSSR count). The molecule has 0 saturated heterocycles. The first-order chi connectivity index (χ1) is 7.32. The molecule has 92 valence electrons. The smallest absolute Gasteiger partial charge is 0.330 e. The van der Waals surface area contributed by atoms with E-state index in [1.54, 1.807) is 13.0 Å². The molecule has 0 heterocycles. The zero-order valence-electron chi connectivity index (χ0n) is 10.1. The lowest BCUT2D eigenvalue weighted by Gasteiger charge is -1.91. The van der Waals surface area contributed by atoms with Crippen molar-refractivity contribution >= 4 is 11.9 Å². The molecule has 0 aromatic carbocycles. The number of aliphatic carboxylic acids is 2. The number of hydrogen-bond donors (Lipinski definition) is 2. The van der Waals surface area contributed by atoms with Crippen molar-refractivity contribution in [2.45, 2.75) is 40.0 Å². The van der Waals surface area contributed by atoms with Crippen LogP contribution in [0.5, 0.6) is 0 Å². The Bertz CT molecular complexity index is 265. The summed E-state index contributed by atoms with van der Waals surface area (Å²) in [6, 6.07) is 0. The summed E-state index contributed by atoms with van der Waals surface area (Å²) in [5, 5.41) is 16.3. The minimum atomic E-state index is -0.935. The molecule has 0 aromatic heterocycles. The van der Waals surface area contributed by atoms with Crippen molar-refractivity contribution in [3.8, 4) is 0 Å². The summed E-state index contributed by atoms with van der Waals surface area (Å²) >= 11 is 0. The van der Waals surface area contributed by atoms with E-state index in [2.05, 4.69) is 13.5 Å². The SMILES string of the molecule is C=C(C)C(=O)O.CCCCC=C(C)C(=O)O. The third kappa shape index (κ3) is 12.4. The monoisotopic (exact) mass is 228 g/mol. The van der Waals surface area contributed by atoms with E-state index < -0.39 is 11.9 Å². The van der Waals surface area contributed by atoms with Crippen molar-refractivity contribution < 1.29 is 19.8 Å². The summed E-state index contributed by atoms with van der Waals surface area (Å²) < 4.78 is 0. The van der Waals surface area contributed by atoms with E-state index in [-0.39, 0.29) is 5.57 Å². The zero-order valence-corrected chi connectivity index (χ0v) is 10.1. The van der Waals surface area contributed by atoms with E-state index >= 15 is 0 Å². The molecule has 0 aromatic rings. The summed E-state index contributed by atoms with van der Waals surface area (Å²) in [4.78, 5) is 19.8. The lowest BCUT2D eigenvalue weighted by Crippen LogP contribution is -1.95. The fourth-order valence-electron chi connectivity index (χ4n) is 0.610. The second-order valence-corrected chi connectivity index (χ2v) is 3.42. The van der Waals surface area contributed by atoms with Crippen LogP contribution in [0, 0.1) is 0 Å². The maximum absolute atomic E-state index is 10.2. The maximum atomic E-state index is 10.2. The van der Waals surface area contributed by atoms with Crippen molar-refractivity contribution in [1.29, 1.82) is 0 Å². The first-order valence-corrected chi connectivity index (χ1v) is 5.11. The Morgan fingerprint density at radius 1 is 1.19 bits per heavy atom. The molecule has 4 nitrogen and oxygen atoms in total. The highest BCUT2D eigenvalue weighted by atomic mass is 16.4. The number of carboxylic acid groups (broad SMARTS) is 2. The summed E-state index contributed by atoms with van der Waals surface area (Å²) in [5.41, 5.74) is 0.628. The van der Waals surface area contributed by atoms with Crippen LogP contribution in [0.1, 0.15) is 40.0 Å². The highest BCUT2D eigenvalue weighted by Crippen LogP contribution is 2.00. The first-order valence-electron chi connectivity index (χ1n) is 5.11. The van der Waals surface area contributed by atoms with E-state index in [9.17, 15) is 9.59 Å². The van der Waals surface area contributed by atoms with Gasteiger partial charge in [0.05, 0.1) is 0 Å². The maximum Gasteiger partial charge on any atom is 0.330 e. The second-order valence-electron chi connectivity index (χ2n) is 3.42. The quantitative estimate of drug-likeness (QED) is 0.560. The van der Waals surface area contributed by atoms with Crippen molar-refractivity contribution in [1.82, 2.24) is 0 Å². The zero-order chi connectivity index (χ0) is 13.1. The Kier molecular flexibility index (Phi) is 10.5. The van der Waals surface area contributed by atoms with Gasteiger partial charge in [0.25, 0.3) is 0 Å². The number of allylic oxidation sites excluding steroid dienone is 1. The van der Waals surface area contributed by atoms with Gasteiger partial charge in [0.15, 0.2) is 0 Å². The van der Waals surface area contributed by atoms with Gasteiger partial charge in [-0.2, -0.15) is 0 Å². The minimum absolute atomic E-state index is 0.176. The molecule has 16 heavy (non-hydrogen) atoms. The average Bonchev–Trinajstić information content (AvgIpc) is 2.18. The molecule has 2 N–H and O–H groups in total. The van der Waals surface area contributed by atoms with E-state index in [4.69, 9.17) is 10.2 Å². The molecule has 0 saturated carbocycles. The van der Waals surface area contributed by atoms with Gasteiger partial charge in [0.1, 0.15) is 0 Å². The Balaban J connectivity index is 0. The molecule has 0 spiro atoms. The van der Waals surface area contributed by atoms with Crippen LogP contribution in [0.15, 0.2) is 23.8 Å². The number of carboxylic acids is 2. The molecule has 0 radical (unpaired) electrons. The molecule has 0 aliphatic heterocycles. The van der Waals surface area contributed by atoms with E-state index in [0.29, 0.717) is 5.57 Å². The number of unbranched alkanes of at least 4 members (excludes halogenated alkanes) is 2. The fourth-order valence-corrected chi connectivity index (χ4v) is 0.610. The molecular weight excluding hydrogens is 208 g/mol. The van der Waals surface area contributed by atoms with Crippen molar-refractivity contribution in [2.24, 2.45) is 0 Å². The minimum Gasteiger partial charge on any atom is -0.478 e. The fraction of sp³-hybridized carbons (Fsp3) is 0.500. The van der Waals surface area contributed by atoms with E-state index in [1.165, 1.54) is 6.92 Å². The highest BCUT2D eigenvalue weighted by molar-refractivity contribution is 5.85. The van der Waals surface area contributed by atoms with Crippen LogP contribution < -0.4 is 0 Å². The molecular formula is C12H20O4. The summed E-state index contributed by atoms with van der Waals surface area (Å²) in [6.07, 6.45) is 4.84. The highest BCUT2D eigenvalue weighted by Gasteiger charge is 1.96. The number of carbonyl (C=O) groups is 2. The van der Waals surface area contributed by atoms with Gasteiger partial charge in [-0.3, -0.25) is 0 Å². The second kappa shape index (κ2) is 9.96. The van der Waals surface area contributed by atoms with Crippen LogP contribution in [0.4, 0.5) is 0 Å². The van der Waals surface area contributed by atoms with Gasteiger partial charge in [-0.25, -0.2) is 9.59 Å². The number of rotatable bonds is 5. The largest absolute Gasteiger partial charge is 0.478 e. The Hall–Kier alpha value is -1.58. The van der Waals surface area contributed by atoms with Gasteiger partial charge < -0.3 is 10.2 Å². The molecule has 0 unspecified atom stereocenters. The third-order valence-corrected chi connectivity index (χ3v) is 1.71. The molecule has 4 heteroatoms. The predicted molar refractivity (Wildman–Crippen MR) is 63.4 cm³/mol. The van der Waals surface area contributed by atoms with Crippen LogP contribution in [0.25, 0.3) is 0 Å². The summed E-state index contributed by atoms with van der Waals surface area (Å²) in [6.45, 7) is 8.31. The molecule has 0 amide bonds.